The van der Waals surface area contributed by atoms with E-state index in [1.54, 1.807) is 12.3 Å². The van der Waals surface area contributed by atoms with Gasteiger partial charge in [-0.05, 0) is 104 Å². The molecule has 9 rings (SSSR count). The first kappa shape index (κ1) is 45.4. The Morgan fingerprint density at radius 3 is 2.58 bits per heavy atom. The molecule has 2 aromatic heterocycles. The number of aromatic amines is 1. The number of carbonyl (C=O) groups is 1. The quantitative estimate of drug-likeness (QED) is 0.0923. The number of pyridine rings is 1. The molecule has 18 heteroatoms. The topological polar surface area (TPSA) is 176 Å². The minimum absolute atomic E-state index is 0.0428. The SMILES string of the molecule is CN1CCO[C@@H](COc2ccc(S(=O)(=O)NC(=O)c3ccc(N4CCN(CC5=C(c6ccc(Cl)cc6)CC(C)(C)CC5)CC4)cc3N3CCCOc4nc5[nH]ccc5cc43)cc2[N+](=O)[O-])C1. The van der Waals surface area contributed by atoms with E-state index in [1.807, 2.05) is 48.3 Å². The number of ether oxygens (including phenoxy) is 3. The monoisotopic (exact) mass is 938 g/mol. The third-order valence-corrected chi connectivity index (χ3v) is 14.6. The molecule has 5 heterocycles. The van der Waals surface area contributed by atoms with Crippen LogP contribution >= 0.6 is 11.6 Å². The second-order valence-electron chi connectivity index (χ2n) is 18.4. The van der Waals surface area contributed by atoms with Gasteiger partial charge in [0.25, 0.3) is 15.9 Å². The highest BCUT2D eigenvalue weighted by atomic mass is 35.5. The summed E-state index contributed by atoms with van der Waals surface area (Å²) >= 11 is 6.27. The van der Waals surface area contributed by atoms with Crippen molar-refractivity contribution in [3.63, 3.8) is 0 Å². The molecular weight excluding hydrogens is 884 g/mol. The van der Waals surface area contributed by atoms with Crippen molar-refractivity contribution in [1.82, 2.24) is 24.5 Å². The smallest absolute Gasteiger partial charge is 0.312 e. The first-order chi connectivity index (χ1) is 31.7. The van der Waals surface area contributed by atoms with Gasteiger partial charge in [-0.25, -0.2) is 13.1 Å². The Kier molecular flexibility index (Phi) is 13.0. The number of amides is 1. The number of carbonyl (C=O) groups excluding carboxylic acids is 1. The lowest BCUT2D eigenvalue weighted by Crippen LogP contribution is -2.47. The number of allylic oxidation sites excluding steroid dienone is 1. The standard InChI is InChI=1S/C48H55ClN8O8S/c1-48(2)15-13-34(40(28-48)32-5-7-35(49)8-6-32)29-54-18-20-55(21-19-54)36-9-11-39(41(26-36)56-17-4-23-64-47-43(56)25-33-14-16-50-45(33)51-47)46(58)52-66(61,62)38-10-12-44(42(27-38)57(59)60)65-31-37-30-53(3)22-24-63-37/h5-12,14,16,25-27,37H,4,13,15,17-24,28-31H2,1-3H3,(H,50,51)(H,52,58)/t37-/m1/s1. The predicted molar refractivity (Wildman–Crippen MR) is 255 cm³/mol. The molecule has 0 spiro atoms. The molecule has 2 N–H and O–H groups in total. The van der Waals surface area contributed by atoms with E-state index >= 15 is 0 Å². The molecular formula is C48H55ClN8O8S. The lowest BCUT2D eigenvalue weighted by Gasteiger charge is -2.39. The highest BCUT2D eigenvalue weighted by molar-refractivity contribution is 7.90. The number of morpholine rings is 1. The molecule has 0 bridgehead atoms. The van der Waals surface area contributed by atoms with E-state index in [9.17, 15) is 23.3 Å². The summed E-state index contributed by atoms with van der Waals surface area (Å²) in [4.78, 5) is 42.1. The molecule has 5 aromatic rings. The fourth-order valence-electron chi connectivity index (χ4n) is 9.36. The van der Waals surface area contributed by atoms with E-state index in [0.717, 1.165) is 80.7 Å². The maximum absolute atomic E-state index is 14.4. The van der Waals surface area contributed by atoms with Crippen molar-refractivity contribution in [3.05, 3.63) is 111 Å². The van der Waals surface area contributed by atoms with Crippen LogP contribution in [-0.2, 0) is 14.8 Å². The van der Waals surface area contributed by atoms with Crippen LogP contribution in [0.15, 0.2) is 89.5 Å². The van der Waals surface area contributed by atoms with Crippen molar-refractivity contribution in [2.75, 3.05) is 89.0 Å². The second kappa shape index (κ2) is 18.9. The molecule has 348 valence electrons. The average molecular weight is 940 g/mol. The Morgan fingerprint density at radius 1 is 1.00 bits per heavy atom. The van der Waals surface area contributed by atoms with Crippen LogP contribution in [0, 0.1) is 15.5 Å². The molecule has 2 fully saturated rings. The van der Waals surface area contributed by atoms with Gasteiger partial charge in [-0.2, -0.15) is 4.98 Å². The molecule has 66 heavy (non-hydrogen) atoms. The molecule has 3 aliphatic heterocycles. The number of H-pyrrole nitrogens is 1. The molecule has 1 aliphatic carbocycles. The van der Waals surface area contributed by atoms with Gasteiger partial charge in [-0.15, -0.1) is 0 Å². The highest BCUT2D eigenvalue weighted by Crippen LogP contribution is 2.44. The lowest BCUT2D eigenvalue weighted by molar-refractivity contribution is -0.386. The van der Waals surface area contributed by atoms with Crippen LogP contribution in [0.4, 0.5) is 22.7 Å². The molecule has 3 aromatic carbocycles. The third kappa shape index (κ3) is 10.0. The van der Waals surface area contributed by atoms with E-state index in [1.165, 1.54) is 28.8 Å². The molecule has 16 nitrogen and oxygen atoms in total. The lowest BCUT2D eigenvalue weighted by atomic mass is 9.72. The zero-order chi connectivity index (χ0) is 46.2. The Morgan fingerprint density at radius 2 is 1.80 bits per heavy atom. The van der Waals surface area contributed by atoms with Crippen molar-refractivity contribution in [2.24, 2.45) is 5.41 Å². The fraction of sp³-hybridized carbons (Fsp3) is 0.417. The molecule has 4 aliphatic rings. The van der Waals surface area contributed by atoms with E-state index < -0.39 is 31.4 Å². The maximum atomic E-state index is 14.4. The summed E-state index contributed by atoms with van der Waals surface area (Å²) in [5.41, 5.74) is 6.52. The summed E-state index contributed by atoms with van der Waals surface area (Å²) in [6.45, 7) is 11.4. The van der Waals surface area contributed by atoms with E-state index in [0.29, 0.717) is 55.6 Å². The summed E-state index contributed by atoms with van der Waals surface area (Å²) in [5.74, 6) is -0.618. The number of aromatic nitrogens is 2. The van der Waals surface area contributed by atoms with Gasteiger partial charge in [0.1, 0.15) is 24.0 Å². The number of benzene rings is 3. The zero-order valence-electron chi connectivity index (χ0n) is 37.4. The third-order valence-electron chi connectivity index (χ3n) is 13.0. The van der Waals surface area contributed by atoms with Gasteiger partial charge in [-0.1, -0.05) is 43.2 Å². The number of halogens is 1. The Balaban J connectivity index is 0.982. The normalized spacial score (nSPS) is 19.5. The number of fused-ring (bicyclic) bond motifs is 2. The predicted octanol–water partition coefficient (Wildman–Crippen LogP) is 7.66. The molecule has 1 amide bonds. The minimum Gasteiger partial charge on any atom is -0.484 e. The number of hydrogen-bond donors (Lipinski definition) is 2. The number of piperazine rings is 1. The van der Waals surface area contributed by atoms with Gasteiger partial charge in [0, 0.05) is 80.7 Å². The summed E-state index contributed by atoms with van der Waals surface area (Å²) in [5, 5.41) is 13.8. The van der Waals surface area contributed by atoms with Crippen LogP contribution in [0.2, 0.25) is 5.02 Å². The number of nitro benzene ring substituents is 1. The molecule has 0 unspecified atom stereocenters. The number of rotatable bonds is 12. The molecule has 2 saturated heterocycles. The number of nitrogens with zero attached hydrogens (tertiary/aromatic N) is 6. The van der Waals surface area contributed by atoms with Crippen LogP contribution in [0.5, 0.6) is 11.6 Å². The van der Waals surface area contributed by atoms with Crippen LogP contribution in [0.25, 0.3) is 16.6 Å². The van der Waals surface area contributed by atoms with Gasteiger partial charge in [0.15, 0.2) is 5.75 Å². The van der Waals surface area contributed by atoms with Gasteiger partial charge >= 0.3 is 5.69 Å². The minimum atomic E-state index is -4.62. The Hall–Kier alpha value is -5.72. The van der Waals surface area contributed by atoms with Crippen LogP contribution < -0.4 is 24.0 Å². The summed E-state index contributed by atoms with van der Waals surface area (Å²) < 4.78 is 47.7. The Labute approximate surface area is 389 Å². The largest absolute Gasteiger partial charge is 0.484 e. The van der Waals surface area contributed by atoms with Crippen molar-refractivity contribution in [1.29, 1.82) is 0 Å². The number of hydrogen-bond acceptors (Lipinski definition) is 13. The van der Waals surface area contributed by atoms with Gasteiger partial charge < -0.3 is 33.9 Å². The van der Waals surface area contributed by atoms with Crippen LogP contribution in [0.1, 0.15) is 55.5 Å². The average Bonchev–Trinajstić information content (AvgIpc) is 3.66. The summed E-state index contributed by atoms with van der Waals surface area (Å²) in [6.07, 6.45) is 5.27. The van der Waals surface area contributed by atoms with Gasteiger partial charge in [-0.3, -0.25) is 19.8 Å². The number of anilines is 3. The first-order valence-electron chi connectivity index (χ1n) is 22.4. The van der Waals surface area contributed by atoms with Crippen molar-refractivity contribution in [3.8, 4) is 11.6 Å². The number of likely N-dealkylation sites (N-methyl/N-ethyl adjacent to an activating group) is 1. The first-order valence-corrected chi connectivity index (χ1v) is 24.3. The van der Waals surface area contributed by atoms with Crippen molar-refractivity contribution < 1.29 is 32.3 Å². The van der Waals surface area contributed by atoms with Crippen molar-refractivity contribution >= 4 is 66.9 Å². The molecule has 0 radical (unpaired) electrons. The molecule has 1 atom stereocenters. The van der Waals surface area contributed by atoms with Gasteiger partial charge in [0.2, 0.25) is 5.88 Å². The second-order valence-corrected chi connectivity index (χ2v) is 20.5. The number of sulfonamides is 1. The molecule has 0 saturated carbocycles. The zero-order valence-corrected chi connectivity index (χ0v) is 39.0. The van der Waals surface area contributed by atoms with Gasteiger partial charge in [0.05, 0.1) is 34.3 Å². The van der Waals surface area contributed by atoms with Crippen LogP contribution in [-0.4, -0.2) is 124 Å². The summed E-state index contributed by atoms with van der Waals surface area (Å²) in [6, 6.07) is 20.8. The van der Waals surface area contributed by atoms with E-state index in [2.05, 4.69) is 50.4 Å². The fourth-order valence-corrected chi connectivity index (χ4v) is 10.5. The summed E-state index contributed by atoms with van der Waals surface area (Å²) in [7, 11) is -2.67. The highest BCUT2D eigenvalue weighted by Gasteiger charge is 2.32. The maximum Gasteiger partial charge on any atom is 0.312 e. The number of nitrogens with one attached hydrogen (secondary N) is 2. The van der Waals surface area contributed by atoms with Crippen molar-refractivity contribution in [2.45, 2.75) is 50.5 Å². The van der Waals surface area contributed by atoms with E-state index in [4.69, 9.17) is 30.8 Å². The number of nitro groups is 1. The Bertz CT molecular complexity index is 2770. The van der Waals surface area contributed by atoms with Crippen LogP contribution in [0.3, 0.4) is 0 Å². The van der Waals surface area contributed by atoms with E-state index in [-0.39, 0.29) is 29.4 Å².